The molecule has 4 rings (SSSR count). The summed E-state index contributed by atoms with van der Waals surface area (Å²) in [5.74, 6) is -0.349. The number of nitrogens with zero attached hydrogens (tertiary/aromatic N) is 2. The summed E-state index contributed by atoms with van der Waals surface area (Å²) < 4.78 is 7.26. The smallest absolute Gasteiger partial charge is 0.336 e. The van der Waals surface area contributed by atoms with Gasteiger partial charge in [-0.05, 0) is 73.2 Å². The number of aliphatic carboxylic acids is 1. The number of hydrogen-bond donors (Lipinski definition) is 1. The summed E-state index contributed by atoms with van der Waals surface area (Å²) in [4.78, 5) is 12.0. The van der Waals surface area contributed by atoms with Crippen LogP contribution in [-0.2, 0) is 4.79 Å². The lowest BCUT2D eigenvalue weighted by Crippen LogP contribution is -2.01. The number of carboxylic acids is 1. The van der Waals surface area contributed by atoms with E-state index in [1.54, 1.807) is 47.1 Å². The molecule has 172 valence electrons. The van der Waals surface area contributed by atoms with Crippen LogP contribution < -0.4 is 4.74 Å². The summed E-state index contributed by atoms with van der Waals surface area (Å²) >= 11 is 18.4. The van der Waals surface area contributed by atoms with E-state index >= 15 is 0 Å². The summed E-state index contributed by atoms with van der Waals surface area (Å²) in [5.41, 5.74) is 3.25. The fraction of sp³-hybridized carbons (Fsp3) is 0.0769. The van der Waals surface area contributed by atoms with Crippen molar-refractivity contribution < 1.29 is 14.6 Å². The number of carboxylic acid groups (broad SMARTS) is 1. The molecule has 34 heavy (non-hydrogen) atoms. The van der Waals surface area contributed by atoms with Crippen LogP contribution in [0.1, 0.15) is 18.2 Å². The van der Waals surface area contributed by atoms with Crippen LogP contribution in [0.25, 0.3) is 28.6 Å². The highest BCUT2D eigenvalue weighted by atomic mass is 35.5. The Labute approximate surface area is 211 Å². The lowest BCUT2D eigenvalue weighted by Gasteiger charge is -2.10. The Morgan fingerprint density at radius 1 is 1.00 bits per heavy atom. The molecule has 3 aromatic carbocycles. The first-order valence-corrected chi connectivity index (χ1v) is 11.5. The minimum absolute atomic E-state index is 0.0690. The summed E-state index contributed by atoms with van der Waals surface area (Å²) in [7, 11) is 0. The predicted molar refractivity (Wildman–Crippen MR) is 137 cm³/mol. The third-order valence-corrected chi connectivity index (χ3v) is 5.97. The Morgan fingerprint density at radius 2 is 1.76 bits per heavy atom. The first-order valence-electron chi connectivity index (χ1n) is 10.4. The third kappa shape index (κ3) is 5.28. The molecule has 0 radical (unpaired) electrons. The van der Waals surface area contributed by atoms with Crippen LogP contribution in [0.4, 0.5) is 0 Å². The van der Waals surface area contributed by atoms with E-state index in [0.29, 0.717) is 38.6 Å². The van der Waals surface area contributed by atoms with Crippen molar-refractivity contribution in [2.24, 2.45) is 0 Å². The van der Waals surface area contributed by atoms with Crippen LogP contribution in [0.15, 0.2) is 72.8 Å². The Kier molecular flexibility index (Phi) is 7.27. The molecule has 1 aromatic heterocycles. The number of carbonyl (C=O) groups is 1. The molecule has 0 aliphatic carbocycles. The molecule has 0 fully saturated rings. The summed E-state index contributed by atoms with van der Waals surface area (Å²) in [6.07, 6.45) is 1.51. The van der Waals surface area contributed by atoms with Crippen LogP contribution in [-0.4, -0.2) is 27.5 Å². The monoisotopic (exact) mass is 512 g/mol. The van der Waals surface area contributed by atoms with Gasteiger partial charge in [0.05, 0.1) is 39.3 Å². The molecule has 0 spiro atoms. The van der Waals surface area contributed by atoms with Crippen molar-refractivity contribution in [1.29, 1.82) is 0 Å². The van der Waals surface area contributed by atoms with E-state index in [4.69, 9.17) is 39.5 Å². The molecule has 1 heterocycles. The van der Waals surface area contributed by atoms with Crippen molar-refractivity contribution in [1.82, 2.24) is 9.78 Å². The fourth-order valence-corrected chi connectivity index (χ4v) is 3.94. The predicted octanol–water partition coefficient (Wildman–Crippen LogP) is 7.52. The highest BCUT2D eigenvalue weighted by molar-refractivity contribution is 6.42. The second-order valence-corrected chi connectivity index (χ2v) is 8.55. The second kappa shape index (κ2) is 10.3. The number of halogens is 3. The van der Waals surface area contributed by atoms with E-state index in [1.807, 2.05) is 37.3 Å². The number of ether oxygens (including phenoxy) is 1. The highest BCUT2D eigenvalue weighted by Crippen LogP contribution is 2.32. The molecule has 1 N–H and O–H groups in total. The molecule has 0 amide bonds. The van der Waals surface area contributed by atoms with Crippen molar-refractivity contribution in [3.05, 3.63) is 99.1 Å². The summed E-state index contributed by atoms with van der Waals surface area (Å²) in [6.45, 7) is 2.48. The lowest BCUT2D eigenvalue weighted by molar-refractivity contribution is -0.130. The SMILES string of the molecule is CCOc1ccc(-n2nc(/C=C(/C(=O)O)c3cccc(Cl)c3)cc2-c2ccc(Cl)c(Cl)c2)cc1. The van der Waals surface area contributed by atoms with E-state index < -0.39 is 5.97 Å². The Morgan fingerprint density at radius 3 is 2.41 bits per heavy atom. The van der Waals surface area contributed by atoms with E-state index in [2.05, 4.69) is 5.10 Å². The molecule has 0 aliphatic rings. The number of rotatable bonds is 7. The highest BCUT2D eigenvalue weighted by Gasteiger charge is 2.16. The lowest BCUT2D eigenvalue weighted by atomic mass is 10.0. The van der Waals surface area contributed by atoms with E-state index in [9.17, 15) is 9.90 Å². The van der Waals surface area contributed by atoms with Crippen molar-refractivity contribution in [3.63, 3.8) is 0 Å². The van der Waals surface area contributed by atoms with Crippen LogP contribution >= 0.6 is 34.8 Å². The molecule has 5 nitrogen and oxygen atoms in total. The average molecular weight is 514 g/mol. The maximum absolute atomic E-state index is 12.0. The second-order valence-electron chi connectivity index (χ2n) is 7.30. The van der Waals surface area contributed by atoms with Gasteiger partial charge in [0.2, 0.25) is 0 Å². The summed E-state index contributed by atoms with van der Waals surface area (Å²) in [6, 6.07) is 21.2. The standard InChI is InChI=1S/C26H19Cl3N2O3/c1-2-34-21-9-7-20(8-10-21)31-25(17-6-11-23(28)24(29)13-17)15-19(30-31)14-22(26(32)33)16-4-3-5-18(27)12-16/h3-15H,2H2,1H3,(H,32,33)/b22-14+. The quantitative estimate of drug-likeness (QED) is 0.260. The molecule has 0 saturated heterocycles. The molecular formula is C26H19Cl3N2O3. The number of hydrogen-bond acceptors (Lipinski definition) is 3. The van der Waals surface area contributed by atoms with Gasteiger partial charge in [0.1, 0.15) is 5.75 Å². The van der Waals surface area contributed by atoms with Gasteiger partial charge in [0.15, 0.2) is 0 Å². The van der Waals surface area contributed by atoms with E-state index in [1.165, 1.54) is 6.08 Å². The fourth-order valence-electron chi connectivity index (χ4n) is 3.45. The van der Waals surface area contributed by atoms with E-state index in [0.717, 1.165) is 17.0 Å². The molecule has 0 bridgehead atoms. The van der Waals surface area contributed by atoms with Gasteiger partial charge in [-0.2, -0.15) is 5.10 Å². The Hall–Kier alpha value is -3.25. The van der Waals surface area contributed by atoms with Gasteiger partial charge in [-0.3, -0.25) is 0 Å². The van der Waals surface area contributed by atoms with Crippen molar-refractivity contribution in [3.8, 4) is 22.7 Å². The van der Waals surface area contributed by atoms with Gasteiger partial charge in [0.25, 0.3) is 0 Å². The van der Waals surface area contributed by atoms with Crippen LogP contribution in [0.2, 0.25) is 15.1 Å². The van der Waals surface area contributed by atoms with Crippen LogP contribution in [0, 0.1) is 0 Å². The Bertz CT molecular complexity index is 1380. The van der Waals surface area contributed by atoms with Crippen molar-refractivity contribution in [2.75, 3.05) is 6.61 Å². The minimum Gasteiger partial charge on any atom is -0.494 e. The summed E-state index contributed by atoms with van der Waals surface area (Å²) in [5, 5.41) is 15.8. The third-order valence-electron chi connectivity index (χ3n) is 4.99. The molecule has 0 unspecified atom stereocenters. The van der Waals surface area contributed by atoms with Crippen LogP contribution in [0.5, 0.6) is 5.75 Å². The van der Waals surface area contributed by atoms with Crippen molar-refractivity contribution >= 4 is 52.4 Å². The molecule has 4 aromatic rings. The van der Waals surface area contributed by atoms with Gasteiger partial charge in [-0.25, -0.2) is 9.48 Å². The maximum Gasteiger partial charge on any atom is 0.336 e. The largest absolute Gasteiger partial charge is 0.494 e. The first kappa shape index (κ1) is 23.9. The molecular weight excluding hydrogens is 495 g/mol. The van der Waals surface area contributed by atoms with Gasteiger partial charge in [-0.15, -0.1) is 0 Å². The van der Waals surface area contributed by atoms with Crippen molar-refractivity contribution in [2.45, 2.75) is 6.92 Å². The first-order chi connectivity index (χ1) is 16.4. The zero-order valence-corrected chi connectivity index (χ0v) is 20.3. The Balaban J connectivity index is 1.86. The van der Waals surface area contributed by atoms with Gasteiger partial charge >= 0.3 is 5.97 Å². The number of benzene rings is 3. The van der Waals surface area contributed by atoms with Gasteiger partial charge in [-0.1, -0.05) is 53.0 Å². The maximum atomic E-state index is 12.0. The average Bonchev–Trinajstić information content (AvgIpc) is 3.24. The van der Waals surface area contributed by atoms with Gasteiger partial charge in [0, 0.05) is 10.6 Å². The van der Waals surface area contributed by atoms with Crippen LogP contribution in [0.3, 0.4) is 0 Å². The topological polar surface area (TPSA) is 64.4 Å². The zero-order chi connectivity index (χ0) is 24.2. The van der Waals surface area contributed by atoms with E-state index in [-0.39, 0.29) is 5.57 Å². The molecule has 0 atom stereocenters. The molecule has 8 heteroatoms. The molecule has 0 saturated carbocycles. The van der Waals surface area contributed by atoms with Gasteiger partial charge < -0.3 is 9.84 Å². The minimum atomic E-state index is -1.09. The zero-order valence-electron chi connectivity index (χ0n) is 18.0. The molecule has 0 aliphatic heterocycles. The number of aromatic nitrogens is 2. The normalized spacial score (nSPS) is 11.5.